The van der Waals surface area contributed by atoms with Crippen molar-refractivity contribution in [3.05, 3.63) is 34.8 Å². The molecule has 2 rings (SSSR count). The highest BCUT2D eigenvalue weighted by Gasteiger charge is 2.20. The maximum atomic E-state index is 12.2. The Balaban J connectivity index is 2.01. The minimum absolute atomic E-state index is 0.196. The summed E-state index contributed by atoms with van der Waals surface area (Å²) in [6.45, 7) is 5.90. The Morgan fingerprint density at radius 2 is 2.19 bits per heavy atom. The van der Waals surface area contributed by atoms with E-state index in [-0.39, 0.29) is 5.91 Å². The zero-order valence-corrected chi connectivity index (χ0v) is 13.2. The highest BCUT2D eigenvalue weighted by molar-refractivity contribution is 7.15. The maximum absolute atomic E-state index is 12.2. The van der Waals surface area contributed by atoms with Crippen molar-refractivity contribution in [1.29, 1.82) is 0 Å². The van der Waals surface area contributed by atoms with Crippen LogP contribution in [0.3, 0.4) is 0 Å². The topological polar surface area (TPSA) is 64.1 Å². The van der Waals surface area contributed by atoms with E-state index in [0.29, 0.717) is 17.3 Å². The molecule has 0 aliphatic carbocycles. The van der Waals surface area contributed by atoms with Gasteiger partial charge in [0.05, 0.1) is 0 Å². The van der Waals surface area contributed by atoms with Crippen molar-refractivity contribution in [1.82, 2.24) is 10.2 Å². The molecule has 6 heteroatoms. The molecule has 0 aliphatic heterocycles. The fourth-order valence-electron chi connectivity index (χ4n) is 1.81. The highest BCUT2D eigenvalue weighted by atomic mass is 32.1. The van der Waals surface area contributed by atoms with Crippen molar-refractivity contribution in [3.63, 3.8) is 0 Å². The first-order chi connectivity index (χ1) is 10.1. The average Bonchev–Trinajstić information content (AvgIpc) is 2.92. The van der Waals surface area contributed by atoms with Crippen LogP contribution in [0.25, 0.3) is 0 Å². The lowest BCUT2D eigenvalue weighted by Gasteiger charge is -2.16. The molecule has 0 unspecified atom stereocenters. The molecule has 5 nitrogen and oxygen atoms in total. The summed E-state index contributed by atoms with van der Waals surface area (Å²) in [5.74, 6) is 0.501. The molecular formula is C15H19N3O2S. The molecule has 0 spiro atoms. The second-order valence-corrected chi connectivity index (χ2v) is 5.74. The molecule has 112 valence electrons. The number of rotatable bonds is 6. The fourth-order valence-corrected chi connectivity index (χ4v) is 2.49. The Morgan fingerprint density at radius 1 is 1.38 bits per heavy atom. The van der Waals surface area contributed by atoms with Gasteiger partial charge in [-0.1, -0.05) is 37.3 Å². The van der Waals surface area contributed by atoms with Crippen molar-refractivity contribution < 1.29 is 9.53 Å². The molecule has 0 radical (unpaired) electrons. The molecule has 0 saturated carbocycles. The predicted molar refractivity (Wildman–Crippen MR) is 83.8 cm³/mol. The van der Waals surface area contributed by atoms with Crippen LogP contribution in [0.2, 0.25) is 0 Å². The Hall–Kier alpha value is -1.95. The summed E-state index contributed by atoms with van der Waals surface area (Å²) < 4.78 is 5.76. The number of carbonyl (C=O) groups is 1. The minimum Gasteiger partial charge on any atom is -0.481 e. The van der Waals surface area contributed by atoms with E-state index < -0.39 is 6.10 Å². The Labute approximate surface area is 128 Å². The monoisotopic (exact) mass is 305 g/mol. The van der Waals surface area contributed by atoms with Gasteiger partial charge < -0.3 is 4.74 Å². The molecule has 0 fully saturated rings. The van der Waals surface area contributed by atoms with Gasteiger partial charge in [0.2, 0.25) is 5.13 Å². The van der Waals surface area contributed by atoms with Gasteiger partial charge in [0.25, 0.3) is 5.91 Å². The third kappa shape index (κ3) is 4.26. The number of anilines is 1. The van der Waals surface area contributed by atoms with Gasteiger partial charge in [0.15, 0.2) is 6.10 Å². The van der Waals surface area contributed by atoms with Gasteiger partial charge >= 0.3 is 0 Å². The molecule has 2 aromatic rings. The van der Waals surface area contributed by atoms with Crippen LogP contribution >= 0.6 is 11.3 Å². The summed E-state index contributed by atoms with van der Waals surface area (Å²) >= 11 is 1.39. The molecule has 0 saturated heterocycles. The van der Waals surface area contributed by atoms with Crippen molar-refractivity contribution in [2.75, 3.05) is 5.32 Å². The molecular weight excluding hydrogens is 286 g/mol. The fraction of sp³-hybridized carbons (Fsp3) is 0.400. The quantitative estimate of drug-likeness (QED) is 0.890. The highest BCUT2D eigenvalue weighted by Crippen LogP contribution is 2.18. The van der Waals surface area contributed by atoms with Gasteiger partial charge in [-0.05, 0) is 37.5 Å². The van der Waals surface area contributed by atoms with Crippen molar-refractivity contribution in [3.8, 4) is 5.75 Å². The number of carbonyl (C=O) groups excluding carboxylic acids is 1. The summed E-state index contributed by atoms with van der Waals surface area (Å²) in [4.78, 5) is 12.2. The maximum Gasteiger partial charge on any atom is 0.267 e. The average molecular weight is 305 g/mol. The van der Waals surface area contributed by atoms with Crippen LogP contribution in [0.4, 0.5) is 5.13 Å². The number of nitrogens with one attached hydrogen (secondary N) is 1. The Bertz CT molecular complexity index is 612. The van der Waals surface area contributed by atoms with Crippen molar-refractivity contribution in [2.24, 2.45) is 0 Å². The summed E-state index contributed by atoms with van der Waals surface area (Å²) in [5.41, 5.74) is 1.10. The van der Waals surface area contributed by atoms with E-state index in [9.17, 15) is 4.79 Å². The van der Waals surface area contributed by atoms with Crippen molar-refractivity contribution in [2.45, 2.75) is 39.7 Å². The number of benzene rings is 1. The van der Waals surface area contributed by atoms with Gasteiger partial charge in [-0.15, -0.1) is 10.2 Å². The van der Waals surface area contributed by atoms with E-state index >= 15 is 0 Å². The molecule has 1 aromatic carbocycles. The number of hydrogen-bond acceptors (Lipinski definition) is 5. The molecule has 1 amide bonds. The lowest BCUT2D eigenvalue weighted by atomic mass is 10.2. The van der Waals surface area contributed by atoms with E-state index in [2.05, 4.69) is 15.5 Å². The van der Waals surface area contributed by atoms with Gasteiger partial charge in [0, 0.05) is 0 Å². The van der Waals surface area contributed by atoms with Gasteiger partial charge in [-0.3, -0.25) is 10.1 Å². The predicted octanol–water partition coefficient (Wildman–Crippen LogP) is 3.21. The molecule has 21 heavy (non-hydrogen) atoms. The molecule has 0 bridgehead atoms. The SMILES string of the molecule is CCc1nnc(NC(=O)[C@H](CC)Oc2cccc(C)c2)s1. The lowest BCUT2D eigenvalue weighted by molar-refractivity contribution is -0.122. The third-order valence-electron chi connectivity index (χ3n) is 2.93. The van der Waals surface area contributed by atoms with E-state index in [1.807, 2.05) is 45.0 Å². The second-order valence-electron chi connectivity index (χ2n) is 4.68. The van der Waals surface area contributed by atoms with Crippen LogP contribution in [-0.2, 0) is 11.2 Å². The third-order valence-corrected chi connectivity index (χ3v) is 3.91. The molecule has 1 atom stereocenters. The number of aryl methyl sites for hydroxylation is 2. The van der Waals surface area contributed by atoms with Crippen molar-refractivity contribution >= 4 is 22.4 Å². The molecule has 1 N–H and O–H groups in total. The zero-order chi connectivity index (χ0) is 15.2. The summed E-state index contributed by atoms with van der Waals surface area (Å²) in [7, 11) is 0. The Morgan fingerprint density at radius 3 is 2.81 bits per heavy atom. The van der Waals surface area contributed by atoms with Gasteiger partial charge in [-0.25, -0.2) is 0 Å². The lowest BCUT2D eigenvalue weighted by Crippen LogP contribution is -2.32. The molecule has 0 aliphatic rings. The normalized spacial score (nSPS) is 12.0. The van der Waals surface area contributed by atoms with Crippen LogP contribution in [-0.4, -0.2) is 22.2 Å². The largest absolute Gasteiger partial charge is 0.481 e. The van der Waals surface area contributed by atoms with Crippen LogP contribution in [0, 0.1) is 6.92 Å². The number of aromatic nitrogens is 2. The first-order valence-corrected chi connectivity index (χ1v) is 7.80. The minimum atomic E-state index is -0.541. The summed E-state index contributed by atoms with van der Waals surface area (Å²) in [6, 6.07) is 7.66. The van der Waals surface area contributed by atoms with Gasteiger partial charge in [0.1, 0.15) is 10.8 Å². The van der Waals surface area contributed by atoms with E-state index in [1.165, 1.54) is 11.3 Å². The smallest absolute Gasteiger partial charge is 0.267 e. The number of hydrogen-bond donors (Lipinski definition) is 1. The van der Waals surface area contributed by atoms with Crippen LogP contribution in [0.15, 0.2) is 24.3 Å². The van der Waals surface area contributed by atoms with E-state index in [4.69, 9.17) is 4.74 Å². The number of amides is 1. The zero-order valence-electron chi connectivity index (χ0n) is 12.4. The Kier molecular flexibility index (Phi) is 5.27. The number of nitrogens with zero attached hydrogens (tertiary/aromatic N) is 2. The number of ether oxygens (including phenoxy) is 1. The van der Waals surface area contributed by atoms with E-state index in [0.717, 1.165) is 17.0 Å². The van der Waals surface area contributed by atoms with Crippen LogP contribution in [0.5, 0.6) is 5.75 Å². The molecule has 1 aromatic heterocycles. The molecule has 1 heterocycles. The second kappa shape index (κ2) is 7.17. The van der Waals surface area contributed by atoms with Crippen LogP contribution < -0.4 is 10.1 Å². The summed E-state index contributed by atoms with van der Waals surface area (Å²) in [6.07, 6.45) is 0.852. The van der Waals surface area contributed by atoms with Crippen LogP contribution in [0.1, 0.15) is 30.8 Å². The first-order valence-electron chi connectivity index (χ1n) is 6.99. The van der Waals surface area contributed by atoms with E-state index in [1.54, 1.807) is 0 Å². The standard InChI is InChI=1S/C15H19N3O2S/c1-4-12(20-11-8-6-7-10(3)9-11)14(19)16-15-18-17-13(5-2)21-15/h6-9,12H,4-5H2,1-3H3,(H,16,18,19)/t12-/m0/s1. The summed E-state index contributed by atoms with van der Waals surface area (Å²) in [5, 5.41) is 12.1. The first kappa shape index (κ1) is 15.4. The van der Waals surface area contributed by atoms with Gasteiger partial charge in [-0.2, -0.15) is 0 Å².